The molecule has 0 saturated heterocycles. The maximum absolute atomic E-state index is 12.1. The standard InChI is InChI=1S/C19H24N4O2/c1-25-16-4-2-3-15(11-16)21-19(24)20-9-10-23-18(14-7-8-14)12-17(22-23)13-5-6-13/h2-4,11-14H,5-10H2,1H3,(H2,20,21,24). The van der Waals surface area contributed by atoms with Gasteiger partial charge in [0.2, 0.25) is 0 Å². The molecule has 0 radical (unpaired) electrons. The first-order valence-corrected chi connectivity index (χ1v) is 8.99. The highest BCUT2D eigenvalue weighted by atomic mass is 16.5. The first kappa shape index (κ1) is 16.0. The molecule has 4 rings (SSSR count). The number of nitrogens with zero attached hydrogens (tertiary/aromatic N) is 2. The molecule has 2 aromatic rings. The maximum Gasteiger partial charge on any atom is 0.319 e. The maximum atomic E-state index is 12.1. The fraction of sp³-hybridized carbons (Fsp3) is 0.474. The monoisotopic (exact) mass is 340 g/mol. The lowest BCUT2D eigenvalue weighted by atomic mass is 10.2. The Morgan fingerprint density at radius 3 is 2.76 bits per heavy atom. The number of amides is 2. The second-order valence-electron chi connectivity index (χ2n) is 6.88. The van der Waals surface area contributed by atoms with Gasteiger partial charge in [-0.25, -0.2) is 4.79 Å². The summed E-state index contributed by atoms with van der Waals surface area (Å²) in [5.41, 5.74) is 3.30. The van der Waals surface area contributed by atoms with Gasteiger partial charge < -0.3 is 15.4 Å². The van der Waals surface area contributed by atoms with Crippen LogP contribution in [-0.2, 0) is 6.54 Å². The molecule has 1 aromatic carbocycles. The normalized spacial score (nSPS) is 16.5. The predicted octanol–water partition coefficient (Wildman–Crippen LogP) is 3.47. The lowest BCUT2D eigenvalue weighted by molar-refractivity contribution is 0.251. The second-order valence-corrected chi connectivity index (χ2v) is 6.88. The number of hydrogen-bond acceptors (Lipinski definition) is 3. The van der Waals surface area contributed by atoms with E-state index in [2.05, 4.69) is 21.4 Å². The van der Waals surface area contributed by atoms with Gasteiger partial charge in [-0.3, -0.25) is 4.68 Å². The van der Waals surface area contributed by atoms with E-state index in [9.17, 15) is 4.79 Å². The molecule has 6 nitrogen and oxygen atoms in total. The minimum Gasteiger partial charge on any atom is -0.497 e. The predicted molar refractivity (Wildman–Crippen MR) is 96.2 cm³/mol. The molecule has 1 aromatic heterocycles. The number of urea groups is 1. The Hall–Kier alpha value is -2.50. The van der Waals surface area contributed by atoms with Crippen LogP contribution < -0.4 is 15.4 Å². The fourth-order valence-electron chi connectivity index (χ4n) is 3.07. The van der Waals surface area contributed by atoms with E-state index in [0.717, 1.165) is 5.75 Å². The number of carbonyl (C=O) groups is 1. The van der Waals surface area contributed by atoms with Crippen LogP contribution in [0.3, 0.4) is 0 Å². The quantitative estimate of drug-likeness (QED) is 0.811. The number of nitrogens with one attached hydrogen (secondary N) is 2. The zero-order chi connectivity index (χ0) is 17.2. The summed E-state index contributed by atoms with van der Waals surface area (Å²) in [6.07, 6.45) is 5.06. The van der Waals surface area contributed by atoms with Gasteiger partial charge in [0.25, 0.3) is 0 Å². The highest BCUT2D eigenvalue weighted by Gasteiger charge is 2.32. The van der Waals surface area contributed by atoms with Crippen molar-refractivity contribution in [2.24, 2.45) is 0 Å². The topological polar surface area (TPSA) is 68.2 Å². The number of methoxy groups -OCH3 is 1. The van der Waals surface area contributed by atoms with Crippen molar-refractivity contribution in [3.63, 3.8) is 0 Å². The molecular weight excluding hydrogens is 316 g/mol. The van der Waals surface area contributed by atoms with Crippen molar-refractivity contribution in [3.8, 4) is 5.75 Å². The van der Waals surface area contributed by atoms with E-state index in [1.165, 1.54) is 37.1 Å². The molecule has 2 saturated carbocycles. The number of aromatic nitrogens is 2. The molecule has 2 fully saturated rings. The van der Waals surface area contributed by atoms with Crippen molar-refractivity contribution in [2.45, 2.75) is 44.1 Å². The van der Waals surface area contributed by atoms with E-state index in [-0.39, 0.29) is 6.03 Å². The molecule has 1 heterocycles. The van der Waals surface area contributed by atoms with E-state index in [0.29, 0.717) is 30.6 Å². The van der Waals surface area contributed by atoms with Crippen molar-refractivity contribution < 1.29 is 9.53 Å². The van der Waals surface area contributed by atoms with E-state index in [4.69, 9.17) is 9.84 Å². The summed E-state index contributed by atoms with van der Waals surface area (Å²) in [6.45, 7) is 1.27. The summed E-state index contributed by atoms with van der Waals surface area (Å²) in [6, 6.07) is 9.39. The van der Waals surface area contributed by atoms with Crippen LogP contribution in [0.4, 0.5) is 10.5 Å². The van der Waals surface area contributed by atoms with Crippen molar-refractivity contribution in [3.05, 3.63) is 41.7 Å². The number of ether oxygens (including phenoxy) is 1. The lowest BCUT2D eigenvalue weighted by Gasteiger charge is -2.10. The molecule has 0 atom stereocenters. The van der Waals surface area contributed by atoms with Crippen LogP contribution in [0.1, 0.15) is 48.9 Å². The zero-order valence-corrected chi connectivity index (χ0v) is 14.5. The van der Waals surface area contributed by atoms with Crippen molar-refractivity contribution in [2.75, 3.05) is 19.0 Å². The van der Waals surface area contributed by atoms with Gasteiger partial charge in [0.15, 0.2) is 0 Å². The second kappa shape index (κ2) is 6.78. The smallest absolute Gasteiger partial charge is 0.319 e. The summed E-state index contributed by atoms with van der Waals surface area (Å²) < 4.78 is 7.25. The minimum absolute atomic E-state index is 0.212. The molecule has 25 heavy (non-hydrogen) atoms. The molecule has 0 unspecified atom stereocenters. The number of anilines is 1. The molecule has 0 spiro atoms. The van der Waals surface area contributed by atoms with Gasteiger partial charge in [0.05, 0.1) is 19.3 Å². The summed E-state index contributed by atoms with van der Waals surface area (Å²) in [5, 5.41) is 10.5. The third kappa shape index (κ3) is 3.95. The van der Waals surface area contributed by atoms with Crippen LogP contribution in [0.2, 0.25) is 0 Å². The third-order valence-corrected chi connectivity index (χ3v) is 4.76. The van der Waals surface area contributed by atoms with Crippen molar-refractivity contribution in [1.29, 1.82) is 0 Å². The molecule has 2 N–H and O–H groups in total. The molecule has 132 valence electrons. The van der Waals surface area contributed by atoms with E-state index in [1.54, 1.807) is 13.2 Å². The Morgan fingerprint density at radius 1 is 1.24 bits per heavy atom. The number of benzene rings is 1. The van der Waals surface area contributed by atoms with Crippen molar-refractivity contribution >= 4 is 11.7 Å². The van der Waals surface area contributed by atoms with E-state index in [1.807, 2.05) is 18.2 Å². The van der Waals surface area contributed by atoms with Gasteiger partial charge in [-0.1, -0.05) is 6.07 Å². The third-order valence-electron chi connectivity index (χ3n) is 4.76. The van der Waals surface area contributed by atoms with Crippen LogP contribution in [0, 0.1) is 0 Å². The molecule has 2 aliphatic carbocycles. The van der Waals surface area contributed by atoms with E-state index >= 15 is 0 Å². The van der Waals surface area contributed by atoms with Gasteiger partial charge in [-0.15, -0.1) is 0 Å². The van der Waals surface area contributed by atoms with Gasteiger partial charge in [-0.05, 0) is 43.9 Å². The fourth-order valence-corrected chi connectivity index (χ4v) is 3.07. The van der Waals surface area contributed by atoms with Crippen LogP contribution in [-0.4, -0.2) is 29.5 Å². The van der Waals surface area contributed by atoms with Gasteiger partial charge in [-0.2, -0.15) is 5.10 Å². The van der Waals surface area contributed by atoms with Crippen LogP contribution in [0.25, 0.3) is 0 Å². The zero-order valence-electron chi connectivity index (χ0n) is 14.5. The molecule has 0 aliphatic heterocycles. The number of hydrogen-bond donors (Lipinski definition) is 2. The van der Waals surface area contributed by atoms with Crippen LogP contribution in [0.15, 0.2) is 30.3 Å². The van der Waals surface area contributed by atoms with E-state index < -0.39 is 0 Å². The number of rotatable bonds is 7. The molecule has 2 amide bonds. The SMILES string of the molecule is COc1cccc(NC(=O)NCCn2nc(C3CC3)cc2C2CC2)c1. The summed E-state index contributed by atoms with van der Waals surface area (Å²) >= 11 is 0. The average Bonchev–Trinajstić information content (AvgIpc) is 3.54. The van der Waals surface area contributed by atoms with Gasteiger partial charge in [0, 0.05) is 35.8 Å². The highest BCUT2D eigenvalue weighted by molar-refractivity contribution is 5.89. The molecule has 0 bridgehead atoms. The van der Waals surface area contributed by atoms with Gasteiger partial charge in [0.1, 0.15) is 5.75 Å². The molecular formula is C19H24N4O2. The molecule has 2 aliphatic rings. The highest BCUT2D eigenvalue weighted by Crippen LogP contribution is 2.44. The Balaban J connectivity index is 1.30. The lowest BCUT2D eigenvalue weighted by Crippen LogP contribution is -2.32. The Kier molecular flexibility index (Phi) is 4.34. The average molecular weight is 340 g/mol. The first-order valence-electron chi connectivity index (χ1n) is 8.99. The molecule has 6 heteroatoms. The largest absolute Gasteiger partial charge is 0.497 e. The Morgan fingerprint density at radius 2 is 2.04 bits per heavy atom. The summed E-state index contributed by atoms with van der Waals surface area (Å²) in [4.78, 5) is 12.1. The van der Waals surface area contributed by atoms with Crippen LogP contribution >= 0.6 is 0 Å². The van der Waals surface area contributed by atoms with Crippen molar-refractivity contribution in [1.82, 2.24) is 15.1 Å². The summed E-state index contributed by atoms with van der Waals surface area (Å²) in [7, 11) is 1.61. The van der Waals surface area contributed by atoms with Gasteiger partial charge >= 0.3 is 6.03 Å². The summed E-state index contributed by atoms with van der Waals surface area (Å²) in [5.74, 6) is 2.06. The van der Waals surface area contributed by atoms with Crippen LogP contribution in [0.5, 0.6) is 5.75 Å². The Labute approximate surface area is 147 Å². The minimum atomic E-state index is -0.212. The number of carbonyl (C=O) groups excluding carboxylic acids is 1. The first-order chi connectivity index (χ1) is 12.2. The Bertz CT molecular complexity index is 763.